The number of pyridine rings is 2. The Morgan fingerprint density at radius 2 is 1.53 bits per heavy atom. The molecule has 0 saturated carbocycles. The molecule has 0 aliphatic carbocycles. The first-order chi connectivity index (χ1) is 9.45. The zero-order valence-corrected chi connectivity index (χ0v) is 10.2. The summed E-state index contributed by atoms with van der Waals surface area (Å²) in [5, 5.41) is 1.09. The lowest BCUT2D eigenvalue weighted by Crippen LogP contribution is -1.94. The molecule has 0 unspecified atom stereocenters. The first kappa shape index (κ1) is 10.3. The second kappa shape index (κ2) is 3.92. The van der Waals surface area contributed by atoms with Crippen molar-refractivity contribution in [3.05, 3.63) is 67.0 Å². The third kappa shape index (κ3) is 1.45. The molecule has 0 spiro atoms. The second-order valence-electron chi connectivity index (χ2n) is 4.42. The Balaban J connectivity index is 2.24. The van der Waals surface area contributed by atoms with Crippen molar-refractivity contribution in [1.82, 2.24) is 14.5 Å². The molecule has 1 aromatic carbocycles. The fourth-order valence-corrected chi connectivity index (χ4v) is 2.50. The summed E-state index contributed by atoms with van der Waals surface area (Å²) in [4.78, 5) is 9.01. The molecule has 0 aliphatic rings. The predicted molar refractivity (Wildman–Crippen MR) is 76.4 cm³/mol. The van der Waals surface area contributed by atoms with E-state index in [2.05, 4.69) is 38.8 Å². The van der Waals surface area contributed by atoms with Gasteiger partial charge in [-0.25, -0.2) is 4.98 Å². The van der Waals surface area contributed by atoms with Gasteiger partial charge >= 0.3 is 0 Å². The third-order valence-electron chi connectivity index (χ3n) is 3.30. The summed E-state index contributed by atoms with van der Waals surface area (Å²) in [5.41, 5.74) is 4.13. The van der Waals surface area contributed by atoms with Crippen molar-refractivity contribution < 1.29 is 0 Å². The van der Waals surface area contributed by atoms with Crippen LogP contribution < -0.4 is 0 Å². The quantitative estimate of drug-likeness (QED) is 0.513. The number of benzene rings is 1. The fourth-order valence-electron chi connectivity index (χ4n) is 2.50. The van der Waals surface area contributed by atoms with Gasteiger partial charge in [-0.05, 0) is 36.4 Å². The highest BCUT2D eigenvalue weighted by Gasteiger charge is 2.12. The Labute approximate surface area is 110 Å². The fraction of sp³-hybridized carbons (Fsp3) is 0. The average Bonchev–Trinajstić information content (AvgIpc) is 2.83. The molecule has 0 atom stereocenters. The van der Waals surface area contributed by atoms with E-state index in [1.807, 2.05) is 42.7 Å². The maximum absolute atomic E-state index is 4.52. The van der Waals surface area contributed by atoms with E-state index in [4.69, 9.17) is 0 Å². The maximum Gasteiger partial charge on any atom is 0.147 e. The van der Waals surface area contributed by atoms with E-state index in [1.54, 1.807) is 0 Å². The van der Waals surface area contributed by atoms with Crippen molar-refractivity contribution in [3.8, 4) is 5.69 Å². The smallest absolute Gasteiger partial charge is 0.147 e. The summed E-state index contributed by atoms with van der Waals surface area (Å²) in [6.07, 6.45) is 3.64. The van der Waals surface area contributed by atoms with Crippen molar-refractivity contribution in [2.75, 3.05) is 0 Å². The molecule has 3 heterocycles. The summed E-state index contributed by atoms with van der Waals surface area (Å²) in [6, 6.07) is 18.3. The largest absolute Gasteiger partial charge is 0.292 e. The summed E-state index contributed by atoms with van der Waals surface area (Å²) < 4.78 is 2.15. The molecule has 3 nitrogen and oxygen atoms in total. The lowest BCUT2D eigenvalue weighted by molar-refractivity contribution is 1.13. The van der Waals surface area contributed by atoms with Crippen LogP contribution in [-0.2, 0) is 0 Å². The van der Waals surface area contributed by atoms with Gasteiger partial charge in [-0.15, -0.1) is 0 Å². The number of fused-ring (bicyclic) bond motifs is 3. The SMILES string of the molecule is c1ccc(-n2c3cccnc3c3cccnc32)cc1. The minimum atomic E-state index is 0.947. The van der Waals surface area contributed by atoms with E-state index >= 15 is 0 Å². The monoisotopic (exact) mass is 245 g/mol. The molecule has 0 fully saturated rings. The second-order valence-corrected chi connectivity index (χ2v) is 4.42. The number of aromatic nitrogens is 3. The number of hydrogen-bond acceptors (Lipinski definition) is 2. The van der Waals surface area contributed by atoms with Crippen molar-refractivity contribution in [3.63, 3.8) is 0 Å². The van der Waals surface area contributed by atoms with Gasteiger partial charge in [-0.1, -0.05) is 18.2 Å². The van der Waals surface area contributed by atoms with Crippen LogP contribution in [0, 0.1) is 0 Å². The van der Waals surface area contributed by atoms with Gasteiger partial charge in [0.1, 0.15) is 5.65 Å². The lowest BCUT2D eigenvalue weighted by atomic mass is 10.3. The van der Waals surface area contributed by atoms with Gasteiger partial charge in [-0.2, -0.15) is 0 Å². The third-order valence-corrected chi connectivity index (χ3v) is 3.30. The molecule has 3 aromatic heterocycles. The van der Waals surface area contributed by atoms with Crippen molar-refractivity contribution in [2.45, 2.75) is 0 Å². The first-order valence-electron chi connectivity index (χ1n) is 6.21. The van der Waals surface area contributed by atoms with Crippen LogP contribution in [0.25, 0.3) is 27.8 Å². The van der Waals surface area contributed by atoms with Crippen LogP contribution in [0.4, 0.5) is 0 Å². The van der Waals surface area contributed by atoms with Crippen LogP contribution in [0.2, 0.25) is 0 Å². The van der Waals surface area contributed by atoms with Gasteiger partial charge < -0.3 is 0 Å². The number of rotatable bonds is 1. The molecule has 4 aromatic rings. The van der Waals surface area contributed by atoms with Gasteiger partial charge in [0.25, 0.3) is 0 Å². The molecule has 0 radical (unpaired) electrons. The molecule has 3 heteroatoms. The molecule has 4 rings (SSSR count). The number of hydrogen-bond donors (Lipinski definition) is 0. The molecular formula is C16H11N3. The first-order valence-corrected chi connectivity index (χ1v) is 6.21. The van der Waals surface area contributed by atoms with Gasteiger partial charge in [0.05, 0.1) is 11.0 Å². The van der Waals surface area contributed by atoms with Crippen LogP contribution in [0.1, 0.15) is 0 Å². The molecule has 0 aliphatic heterocycles. The minimum absolute atomic E-state index is 0.947. The van der Waals surface area contributed by atoms with E-state index in [0.717, 1.165) is 27.8 Å². The van der Waals surface area contributed by atoms with Crippen LogP contribution >= 0.6 is 0 Å². The minimum Gasteiger partial charge on any atom is -0.292 e. The highest BCUT2D eigenvalue weighted by atomic mass is 15.1. The highest BCUT2D eigenvalue weighted by Crippen LogP contribution is 2.28. The molecule has 90 valence electrons. The van der Waals surface area contributed by atoms with Crippen LogP contribution in [0.5, 0.6) is 0 Å². The average molecular weight is 245 g/mol. The van der Waals surface area contributed by atoms with Crippen LogP contribution in [0.3, 0.4) is 0 Å². The molecular weight excluding hydrogens is 234 g/mol. The topological polar surface area (TPSA) is 30.7 Å². The summed E-state index contributed by atoms with van der Waals surface area (Å²) >= 11 is 0. The summed E-state index contributed by atoms with van der Waals surface area (Å²) in [7, 11) is 0. The Morgan fingerprint density at radius 3 is 2.42 bits per heavy atom. The molecule has 0 N–H and O–H groups in total. The predicted octanol–water partition coefficient (Wildman–Crippen LogP) is 3.57. The van der Waals surface area contributed by atoms with Crippen LogP contribution in [-0.4, -0.2) is 14.5 Å². The van der Waals surface area contributed by atoms with Crippen molar-refractivity contribution >= 4 is 22.1 Å². The lowest BCUT2D eigenvalue weighted by Gasteiger charge is -2.05. The van der Waals surface area contributed by atoms with Crippen molar-refractivity contribution in [1.29, 1.82) is 0 Å². The number of para-hydroxylation sites is 1. The Kier molecular flexibility index (Phi) is 2.12. The van der Waals surface area contributed by atoms with Gasteiger partial charge in [0.2, 0.25) is 0 Å². The van der Waals surface area contributed by atoms with E-state index < -0.39 is 0 Å². The van der Waals surface area contributed by atoms with Crippen molar-refractivity contribution in [2.24, 2.45) is 0 Å². The molecule has 0 amide bonds. The van der Waals surface area contributed by atoms with E-state index in [0.29, 0.717) is 0 Å². The summed E-state index contributed by atoms with van der Waals surface area (Å²) in [6.45, 7) is 0. The zero-order chi connectivity index (χ0) is 12.7. The highest BCUT2D eigenvalue weighted by molar-refractivity contribution is 6.05. The van der Waals surface area contributed by atoms with Gasteiger partial charge in [0.15, 0.2) is 0 Å². The Hall–Kier alpha value is -2.68. The normalized spacial score (nSPS) is 11.2. The van der Waals surface area contributed by atoms with Gasteiger partial charge in [0, 0.05) is 23.5 Å². The summed E-state index contributed by atoms with van der Waals surface area (Å²) in [5.74, 6) is 0. The molecule has 0 bridgehead atoms. The molecule has 0 saturated heterocycles. The van der Waals surface area contributed by atoms with Gasteiger partial charge in [-0.3, -0.25) is 9.55 Å². The van der Waals surface area contributed by atoms with Crippen LogP contribution in [0.15, 0.2) is 67.0 Å². The maximum atomic E-state index is 4.52. The Morgan fingerprint density at radius 1 is 0.737 bits per heavy atom. The van der Waals surface area contributed by atoms with E-state index in [-0.39, 0.29) is 0 Å². The zero-order valence-electron chi connectivity index (χ0n) is 10.2. The van der Waals surface area contributed by atoms with E-state index in [9.17, 15) is 0 Å². The van der Waals surface area contributed by atoms with E-state index in [1.165, 1.54) is 0 Å². The Bertz CT molecular complexity index is 810. The number of nitrogens with zero attached hydrogens (tertiary/aromatic N) is 3. The standard InChI is InChI=1S/C16H11N3/c1-2-6-12(7-3-1)19-14-9-5-10-17-15(14)13-8-4-11-18-16(13)19/h1-11H. The molecule has 19 heavy (non-hydrogen) atoms.